The number of hydrogen-bond acceptors (Lipinski definition) is 1. The van der Waals surface area contributed by atoms with Crippen molar-refractivity contribution < 1.29 is 4.79 Å². The van der Waals surface area contributed by atoms with Crippen LogP contribution in [0.3, 0.4) is 0 Å². The fraction of sp³-hybridized carbons (Fsp3) is 0.0714. The van der Waals surface area contributed by atoms with Gasteiger partial charge in [0.25, 0.3) is 0 Å². The molecule has 0 aliphatic carbocycles. The molecule has 0 radical (unpaired) electrons. The summed E-state index contributed by atoms with van der Waals surface area (Å²) in [4.78, 5) is 12.3. The zero-order valence-electron chi connectivity index (χ0n) is 9.21. The third kappa shape index (κ3) is 2.43. The van der Waals surface area contributed by atoms with Gasteiger partial charge in [0, 0.05) is 15.6 Å². The van der Waals surface area contributed by atoms with E-state index in [1.165, 1.54) is 0 Å². The Morgan fingerprint density at radius 1 is 1.06 bits per heavy atom. The standard InChI is InChI=1S/C14H10BrClO/c1-9-10(6-4-7-12(9)15)14(17)11-5-2-3-8-13(11)16/h2-8H,1H3. The van der Waals surface area contributed by atoms with Gasteiger partial charge in [0.1, 0.15) is 0 Å². The molecule has 2 aromatic rings. The molecule has 0 heterocycles. The summed E-state index contributed by atoms with van der Waals surface area (Å²) in [5, 5.41) is 0.483. The molecule has 0 bridgehead atoms. The lowest BCUT2D eigenvalue weighted by Gasteiger charge is -2.07. The smallest absolute Gasteiger partial charge is 0.194 e. The molecular weight excluding hydrogens is 300 g/mol. The molecule has 0 spiro atoms. The van der Waals surface area contributed by atoms with Gasteiger partial charge in [0.2, 0.25) is 0 Å². The molecule has 17 heavy (non-hydrogen) atoms. The van der Waals surface area contributed by atoms with Gasteiger partial charge in [0.15, 0.2) is 5.78 Å². The van der Waals surface area contributed by atoms with Gasteiger partial charge < -0.3 is 0 Å². The van der Waals surface area contributed by atoms with E-state index < -0.39 is 0 Å². The van der Waals surface area contributed by atoms with Crippen LogP contribution in [0.25, 0.3) is 0 Å². The maximum atomic E-state index is 12.3. The predicted octanol–water partition coefficient (Wildman–Crippen LogP) is 4.64. The predicted molar refractivity (Wildman–Crippen MR) is 73.8 cm³/mol. The Balaban J connectivity index is 2.52. The SMILES string of the molecule is Cc1c(Br)cccc1C(=O)c1ccccc1Cl. The van der Waals surface area contributed by atoms with Gasteiger partial charge in [-0.25, -0.2) is 0 Å². The van der Waals surface area contributed by atoms with E-state index in [9.17, 15) is 4.79 Å². The van der Waals surface area contributed by atoms with Crippen LogP contribution in [0.5, 0.6) is 0 Å². The van der Waals surface area contributed by atoms with E-state index in [1.807, 2.05) is 37.3 Å². The third-order valence-corrected chi connectivity index (χ3v) is 3.82. The lowest BCUT2D eigenvalue weighted by molar-refractivity contribution is 0.103. The number of benzene rings is 2. The average Bonchev–Trinajstić information content (AvgIpc) is 2.32. The minimum atomic E-state index is -0.0469. The number of carbonyl (C=O) groups is 1. The van der Waals surface area contributed by atoms with Crippen molar-refractivity contribution in [2.24, 2.45) is 0 Å². The largest absolute Gasteiger partial charge is 0.289 e. The van der Waals surface area contributed by atoms with E-state index in [-0.39, 0.29) is 5.78 Å². The van der Waals surface area contributed by atoms with Crippen molar-refractivity contribution >= 4 is 33.3 Å². The number of rotatable bonds is 2. The maximum Gasteiger partial charge on any atom is 0.194 e. The zero-order valence-corrected chi connectivity index (χ0v) is 11.5. The highest BCUT2D eigenvalue weighted by molar-refractivity contribution is 9.10. The van der Waals surface area contributed by atoms with Crippen LogP contribution >= 0.6 is 27.5 Å². The summed E-state index contributed by atoms with van der Waals surface area (Å²) in [6.45, 7) is 1.91. The molecular formula is C14H10BrClO. The number of ketones is 1. The van der Waals surface area contributed by atoms with Gasteiger partial charge in [-0.3, -0.25) is 4.79 Å². The average molecular weight is 310 g/mol. The lowest BCUT2D eigenvalue weighted by atomic mass is 9.99. The first-order chi connectivity index (χ1) is 8.11. The Bertz CT molecular complexity index is 578. The fourth-order valence-corrected chi connectivity index (χ4v) is 2.23. The van der Waals surface area contributed by atoms with Crippen LogP contribution in [0.1, 0.15) is 21.5 Å². The van der Waals surface area contributed by atoms with Crippen LogP contribution in [0, 0.1) is 6.92 Å². The first-order valence-corrected chi connectivity index (χ1v) is 6.32. The van der Waals surface area contributed by atoms with Crippen molar-refractivity contribution in [2.45, 2.75) is 6.92 Å². The van der Waals surface area contributed by atoms with E-state index in [0.29, 0.717) is 16.1 Å². The summed E-state index contributed by atoms with van der Waals surface area (Å²) in [6, 6.07) is 12.7. The van der Waals surface area contributed by atoms with Crippen LogP contribution in [-0.4, -0.2) is 5.78 Å². The Kier molecular flexibility index (Phi) is 3.65. The Morgan fingerprint density at radius 3 is 2.41 bits per heavy atom. The monoisotopic (exact) mass is 308 g/mol. The second-order valence-corrected chi connectivity index (χ2v) is 4.98. The van der Waals surface area contributed by atoms with Crippen LogP contribution < -0.4 is 0 Å². The Hall–Kier alpha value is -1.12. The molecule has 0 N–H and O–H groups in total. The quantitative estimate of drug-likeness (QED) is 0.738. The minimum absolute atomic E-state index is 0.0469. The molecule has 0 saturated heterocycles. The molecule has 0 atom stereocenters. The molecule has 2 rings (SSSR count). The van der Waals surface area contributed by atoms with E-state index in [0.717, 1.165) is 10.0 Å². The summed E-state index contributed by atoms with van der Waals surface area (Å²) >= 11 is 9.45. The Labute approximate surface area is 114 Å². The van der Waals surface area contributed by atoms with E-state index in [2.05, 4.69) is 15.9 Å². The third-order valence-electron chi connectivity index (χ3n) is 2.63. The maximum absolute atomic E-state index is 12.3. The van der Waals surface area contributed by atoms with Gasteiger partial charge in [-0.1, -0.05) is 51.8 Å². The Morgan fingerprint density at radius 2 is 1.71 bits per heavy atom. The molecule has 1 nitrogen and oxygen atoms in total. The molecule has 0 aliphatic heterocycles. The molecule has 0 amide bonds. The molecule has 0 saturated carbocycles. The van der Waals surface area contributed by atoms with E-state index in [1.54, 1.807) is 12.1 Å². The molecule has 0 aromatic heterocycles. The lowest BCUT2D eigenvalue weighted by Crippen LogP contribution is -2.04. The zero-order chi connectivity index (χ0) is 12.4. The van der Waals surface area contributed by atoms with Gasteiger partial charge in [-0.15, -0.1) is 0 Å². The van der Waals surface area contributed by atoms with Gasteiger partial charge in [-0.2, -0.15) is 0 Å². The highest BCUT2D eigenvalue weighted by Crippen LogP contribution is 2.24. The van der Waals surface area contributed by atoms with Crippen molar-refractivity contribution in [2.75, 3.05) is 0 Å². The van der Waals surface area contributed by atoms with Crippen molar-refractivity contribution in [3.63, 3.8) is 0 Å². The van der Waals surface area contributed by atoms with Crippen molar-refractivity contribution in [3.8, 4) is 0 Å². The van der Waals surface area contributed by atoms with Crippen LogP contribution in [0.2, 0.25) is 5.02 Å². The molecule has 86 valence electrons. The number of hydrogen-bond donors (Lipinski definition) is 0. The molecule has 0 unspecified atom stereocenters. The fourth-order valence-electron chi connectivity index (χ4n) is 1.64. The van der Waals surface area contributed by atoms with Crippen LogP contribution in [0.15, 0.2) is 46.9 Å². The highest BCUT2D eigenvalue weighted by atomic mass is 79.9. The van der Waals surface area contributed by atoms with Crippen LogP contribution in [0.4, 0.5) is 0 Å². The van der Waals surface area contributed by atoms with E-state index in [4.69, 9.17) is 11.6 Å². The summed E-state index contributed by atoms with van der Waals surface area (Å²) in [6.07, 6.45) is 0. The topological polar surface area (TPSA) is 17.1 Å². The normalized spacial score (nSPS) is 10.3. The van der Waals surface area contributed by atoms with Crippen molar-refractivity contribution in [3.05, 3.63) is 68.7 Å². The van der Waals surface area contributed by atoms with Crippen molar-refractivity contribution in [1.29, 1.82) is 0 Å². The van der Waals surface area contributed by atoms with Crippen molar-refractivity contribution in [1.82, 2.24) is 0 Å². The highest BCUT2D eigenvalue weighted by Gasteiger charge is 2.15. The molecule has 2 aromatic carbocycles. The summed E-state index contributed by atoms with van der Waals surface area (Å²) in [5.74, 6) is -0.0469. The summed E-state index contributed by atoms with van der Waals surface area (Å²) in [5.41, 5.74) is 2.14. The molecule has 0 aliphatic rings. The van der Waals surface area contributed by atoms with E-state index >= 15 is 0 Å². The number of halogens is 2. The summed E-state index contributed by atoms with van der Waals surface area (Å²) < 4.78 is 0.926. The number of carbonyl (C=O) groups excluding carboxylic acids is 1. The van der Waals surface area contributed by atoms with Gasteiger partial charge in [-0.05, 0) is 30.7 Å². The van der Waals surface area contributed by atoms with Crippen LogP contribution in [-0.2, 0) is 0 Å². The summed E-state index contributed by atoms with van der Waals surface area (Å²) in [7, 11) is 0. The second kappa shape index (κ2) is 5.03. The first-order valence-electron chi connectivity index (χ1n) is 5.15. The molecule has 0 fully saturated rings. The van der Waals surface area contributed by atoms with Gasteiger partial charge in [0.05, 0.1) is 5.02 Å². The van der Waals surface area contributed by atoms with Gasteiger partial charge >= 0.3 is 0 Å². The molecule has 3 heteroatoms. The minimum Gasteiger partial charge on any atom is -0.289 e. The first kappa shape index (κ1) is 12.3. The second-order valence-electron chi connectivity index (χ2n) is 3.72.